The Balaban J connectivity index is 2.05. The predicted octanol–water partition coefficient (Wildman–Crippen LogP) is 1.08. The minimum atomic E-state index is 0.574. The van der Waals surface area contributed by atoms with E-state index in [0.717, 1.165) is 11.4 Å². The van der Waals surface area contributed by atoms with Gasteiger partial charge in [0.1, 0.15) is 18.0 Å². The van der Waals surface area contributed by atoms with Crippen LogP contribution in [0, 0.1) is 6.92 Å². The van der Waals surface area contributed by atoms with E-state index in [1.807, 2.05) is 19.2 Å². The van der Waals surface area contributed by atoms with Crippen LogP contribution in [0.3, 0.4) is 0 Å². The zero-order valence-electron chi connectivity index (χ0n) is 9.51. The summed E-state index contributed by atoms with van der Waals surface area (Å²) in [4.78, 5) is 12.1. The van der Waals surface area contributed by atoms with Gasteiger partial charge in [-0.1, -0.05) is 0 Å². The van der Waals surface area contributed by atoms with Crippen LogP contribution in [-0.4, -0.2) is 15.0 Å². The summed E-state index contributed by atoms with van der Waals surface area (Å²) in [6, 6.07) is 3.72. The zero-order valence-corrected chi connectivity index (χ0v) is 9.51. The number of hydrogen-bond acceptors (Lipinski definition) is 6. The SMILES string of the molecule is Cc1ccncc1CNc1cc(NN)ncn1. The molecule has 6 heteroatoms. The van der Waals surface area contributed by atoms with Crippen molar-refractivity contribution < 1.29 is 0 Å². The van der Waals surface area contributed by atoms with Crippen LogP contribution < -0.4 is 16.6 Å². The lowest BCUT2D eigenvalue weighted by Crippen LogP contribution is -2.10. The first kappa shape index (κ1) is 11.3. The number of anilines is 2. The number of hydrazine groups is 1. The summed E-state index contributed by atoms with van der Waals surface area (Å²) < 4.78 is 0. The molecule has 0 amide bonds. The van der Waals surface area contributed by atoms with Gasteiger partial charge in [-0.15, -0.1) is 0 Å². The second-order valence-corrected chi connectivity index (χ2v) is 3.59. The Hall–Kier alpha value is -2.21. The van der Waals surface area contributed by atoms with Crippen molar-refractivity contribution in [2.75, 3.05) is 10.7 Å². The summed E-state index contributed by atoms with van der Waals surface area (Å²) in [5, 5.41) is 3.19. The van der Waals surface area contributed by atoms with Gasteiger partial charge in [0.05, 0.1) is 0 Å². The number of nitrogen functional groups attached to an aromatic ring is 1. The van der Waals surface area contributed by atoms with E-state index in [0.29, 0.717) is 12.4 Å². The van der Waals surface area contributed by atoms with Gasteiger partial charge in [-0.2, -0.15) is 0 Å². The molecule has 0 radical (unpaired) electrons. The summed E-state index contributed by atoms with van der Waals surface area (Å²) in [5.41, 5.74) is 4.80. The highest BCUT2D eigenvalue weighted by Crippen LogP contribution is 2.10. The second-order valence-electron chi connectivity index (χ2n) is 3.59. The number of nitrogens with one attached hydrogen (secondary N) is 2. The van der Waals surface area contributed by atoms with Gasteiger partial charge in [0.15, 0.2) is 0 Å². The van der Waals surface area contributed by atoms with Crippen molar-refractivity contribution in [2.45, 2.75) is 13.5 Å². The lowest BCUT2D eigenvalue weighted by molar-refractivity contribution is 1.04. The lowest BCUT2D eigenvalue weighted by Gasteiger charge is -2.08. The molecule has 2 aromatic rings. The first-order valence-electron chi connectivity index (χ1n) is 5.21. The van der Waals surface area contributed by atoms with Gasteiger partial charge >= 0.3 is 0 Å². The van der Waals surface area contributed by atoms with E-state index in [1.165, 1.54) is 11.9 Å². The number of rotatable bonds is 4. The van der Waals surface area contributed by atoms with Gasteiger partial charge in [0.2, 0.25) is 0 Å². The van der Waals surface area contributed by atoms with Crippen LogP contribution in [-0.2, 0) is 6.54 Å². The molecule has 0 aliphatic heterocycles. The molecule has 0 saturated heterocycles. The van der Waals surface area contributed by atoms with Gasteiger partial charge in [-0.3, -0.25) is 4.98 Å². The fourth-order valence-corrected chi connectivity index (χ4v) is 1.40. The van der Waals surface area contributed by atoms with Crippen molar-refractivity contribution in [3.63, 3.8) is 0 Å². The van der Waals surface area contributed by atoms with E-state index < -0.39 is 0 Å². The number of hydrogen-bond donors (Lipinski definition) is 3. The van der Waals surface area contributed by atoms with Crippen LogP contribution >= 0.6 is 0 Å². The number of aromatic nitrogens is 3. The molecule has 17 heavy (non-hydrogen) atoms. The minimum absolute atomic E-state index is 0.574. The Kier molecular flexibility index (Phi) is 3.46. The lowest BCUT2D eigenvalue weighted by atomic mass is 10.1. The van der Waals surface area contributed by atoms with Crippen LogP contribution in [0.25, 0.3) is 0 Å². The Labute approximate surface area is 99.3 Å². The van der Waals surface area contributed by atoms with E-state index >= 15 is 0 Å². The van der Waals surface area contributed by atoms with Crippen molar-refractivity contribution in [1.29, 1.82) is 0 Å². The third-order valence-corrected chi connectivity index (χ3v) is 2.42. The maximum Gasteiger partial charge on any atom is 0.145 e. The molecular weight excluding hydrogens is 216 g/mol. The van der Waals surface area contributed by atoms with E-state index in [2.05, 4.69) is 25.7 Å². The van der Waals surface area contributed by atoms with Gasteiger partial charge in [-0.25, -0.2) is 15.8 Å². The van der Waals surface area contributed by atoms with Crippen LogP contribution in [0.2, 0.25) is 0 Å². The topological polar surface area (TPSA) is 88.8 Å². The molecule has 0 fully saturated rings. The summed E-state index contributed by atoms with van der Waals surface area (Å²) in [6.07, 6.45) is 5.07. The number of aryl methyl sites for hydroxylation is 1. The molecule has 0 unspecified atom stereocenters. The maximum absolute atomic E-state index is 5.27. The summed E-state index contributed by atoms with van der Waals surface area (Å²) in [7, 11) is 0. The largest absolute Gasteiger partial charge is 0.366 e. The Morgan fingerprint density at radius 1 is 1.29 bits per heavy atom. The summed E-state index contributed by atoms with van der Waals surface area (Å²) >= 11 is 0. The molecule has 4 N–H and O–H groups in total. The Bertz CT molecular complexity index is 499. The minimum Gasteiger partial charge on any atom is -0.366 e. The smallest absolute Gasteiger partial charge is 0.145 e. The highest BCUT2D eigenvalue weighted by atomic mass is 15.3. The van der Waals surface area contributed by atoms with Gasteiger partial charge in [0, 0.05) is 25.0 Å². The first-order valence-corrected chi connectivity index (χ1v) is 5.21. The highest BCUT2D eigenvalue weighted by molar-refractivity contribution is 5.46. The predicted molar refractivity (Wildman–Crippen MR) is 66.1 cm³/mol. The molecule has 2 heterocycles. The third kappa shape index (κ3) is 2.88. The molecule has 0 bridgehead atoms. The quantitative estimate of drug-likeness (QED) is 0.538. The van der Waals surface area contributed by atoms with E-state index in [9.17, 15) is 0 Å². The summed E-state index contributed by atoms with van der Waals surface area (Å²) in [5.74, 6) is 6.57. The van der Waals surface area contributed by atoms with Crippen LogP contribution in [0.1, 0.15) is 11.1 Å². The average Bonchev–Trinajstić information content (AvgIpc) is 2.38. The molecule has 2 rings (SSSR count). The third-order valence-electron chi connectivity index (χ3n) is 2.42. The molecule has 0 spiro atoms. The number of nitrogens with zero attached hydrogens (tertiary/aromatic N) is 3. The molecular formula is C11H14N6. The fourth-order valence-electron chi connectivity index (χ4n) is 1.40. The van der Waals surface area contributed by atoms with Crippen molar-refractivity contribution in [3.05, 3.63) is 42.0 Å². The molecule has 0 atom stereocenters. The average molecular weight is 230 g/mol. The van der Waals surface area contributed by atoms with Crippen molar-refractivity contribution in [1.82, 2.24) is 15.0 Å². The van der Waals surface area contributed by atoms with Crippen molar-refractivity contribution in [3.8, 4) is 0 Å². The van der Waals surface area contributed by atoms with E-state index in [-0.39, 0.29) is 0 Å². The first-order chi connectivity index (χ1) is 8.29. The van der Waals surface area contributed by atoms with Crippen LogP contribution in [0.5, 0.6) is 0 Å². The van der Waals surface area contributed by atoms with Gasteiger partial charge in [0.25, 0.3) is 0 Å². The molecule has 0 aliphatic carbocycles. The van der Waals surface area contributed by atoms with E-state index in [4.69, 9.17) is 5.84 Å². The second kappa shape index (κ2) is 5.22. The number of pyridine rings is 1. The molecule has 0 aliphatic rings. The summed E-state index contributed by atoms with van der Waals surface area (Å²) in [6.45, 7) is 2.71. The van der Waals surface area contributed by atoms with Crippen LogP contribution in [0.4, 0.5) is 11.6 Å². The highest BCUT2D eigenvalue weighted by Gasteiger charge is 2.00. The molecule has 0 saturated carbocycles. The standard InChI is InChI=1S/C11H14N6/c1-8-2-3-13-5-9(8)6-14-10-4-11(17-12)16-7-15-10/h2-5,7H,6,12H2,1H3,(H2,14,15,16,17). The Morgan fingerprint density at radius 3 is 2.88 bits per heavy atom. The number of nitrogens with two attached hydrogens (primary N) is 1. The molecule has 0 aromatic carbocycles. The van der Waals surface area contributed by atoms with E-state index in [1.54, 1.807) is 12.3 Å². The molecule has 88 valence electrons. The maximum atomic E-state index is 5.27. The zero-order chi connectivity index (χ0) is 12.1. The Morgan fingerprint density at radius 2 is 2.12 bits per heavy atom. The normalized spacial score (nSPS) is 10.0. The van der Waals surface area contributed by atoms with Gasteiger partial charge in [-0.05, 0) is 24.1 Å². The van der Waals surface area contributed by atoms with Gasteiger partial charge < -0.3 is 10.7 Å². The molecule has 6 nitrogen and oxygen atoms in total. The van der Waals surface area contributed by atoms with Crippen molar-refractivity contribution >= 4 is 11.6 Å². The molecule has 2 aromatic heterocycles. The fraction of sp³-hybridized carbons (Fsp3) is 0.182. The van der Waals surface area contributed by atoms with Crippen LogP contribution in [0.15, 0.2) is 30.9 Å². The van der Waals surface area contributed by atoms with Crippen molar-refractivity contribution in [2.24, 2.45) is 5.84 Å². The monoisotopic (exact) mass is 230 g/mol.